The summed E-state index contributed by atoms with van der Waals surface area (Å²) < 4.78 is 17.4. The number of halogens is 3. The van der Waals surface area contributed by atoms with Gasteiger partial charge >= 0.3 is 5.69 Å². The largest absolute Gasteiger partial charge is 0.390 e. The van der Waals surface area contributed by atoms with Crippen molar-refractivity contribution in [3.63, 3.8) is 0 Å². The van der Waals surface area contributed by atoms with Gasteiger partial charge in [0.05, 0.1) is 28.5 Å². The van der Waals surface area contributed by atoms with Gasteiger partial charge in [0.1, 0.15) is 10.8 Å². The number of aryl methyl sites for hydroxylation is 2. The van der Waals surface area contributed by atoms with Crippen LogP contribution in [-0.4, -0.2) is 29.8 Å². The van der Waals surface area contributed by atoms with Crippen molar-refractivity contribution in [3.8, 4) is 0 Å². The minimum Gasteiger partial charge on any atom is -0.390 e. The summed E-state index contributed by atoms with van der Waals surface area (Å²) in [7, 11) is 1.57. The minimum absolute atomic E-state index is 0.0369. The van der Waals surface area contributed by atoms with Crippen LogP contribution in [0.5, 0.6) is 0 Å². The Morgan fingerprint density at radius 3 is 2.67 bits per heavy atom. The zero-order valence-corrected chi connectivity index (χ0v) is 16.4. The number of hydrogen-bond donors (Lipinski definition) is 2. The number of nitrogens with one attached hydrogen (secondary N) is 1. The summed E-state index contributed by atoms with van der Waals surface area (Å²) in [5.74, 6) is -0.431. The van der Waals surface area contributed by atoms with E-state index < -0.39 is 11.4 Å². The van der Waals surface area contributed by atoms with Crippen LogP contribution >= 0.6 is 23.2 Å². The molecule has 0 fully saturated rings. The Hall–Kier alpha value is -2.16. The molecule has 0 amide bonds. The molecule has 1 aromatic carbocycles. The van der Waals surface area contributed by atoms with Crippen LogP contribution in [0.2, 0.25) is 10.3 Å². The van der Waals surface area contributed by atoms with Gasteiger partial charge in [-0.25, -0.2) is 14.2 Å². The number of aromatic nitrogens is 4. The molecule has 0 saturated carbocycles. The van der Waals surface area contributed by atoms with Crippen LogP contribution in [0.3, 0.4) is 0 Å². The number of hydrogen-bond acceptors (Lipinski definition) is 5. The number of fused-ring (bicyclic) bond motifs is 1. The normalized spacial score (nSPS) is 12.0. The third-order valence-electron chi connectivity index (χ3n) is 4.15. The molecular formula is C17H18Cl2FN5O2. The molecule has 2 N–H and O–H groups in total. The number of nitrogens with zero attached hydrogens (tertiary/aromatic N) is 4. The lowest BCUT2D eigenvalue weighted by Gasteiger charge is -2.17. The molecule has 10 heteroatoms. The van der Waals surface area contributed by atoms with Crippen LogP contribution in [0, 0.1) is 5.82 Å². The average Bonchev–Trinajstić information content (AvgIpc) is 2.80. The zero-order chi connectivity index (χ0) is 19.9. The first kappa shape index (κ1) is 19.6. The highest BCUT2D eigenvalue weighted by Gasteiger charge is 2.19. The molecule has 0 radical (unpaired) electrons. The lowest BCUT2D eigenvalue weighted by Crippen LogP contribution is -2.27. The molecule has 0 saturated heterocycles. The lowest BCUT2D eigenvalue weighted by atomic mass is 10.1. The summed E-state index contributed by atoms with van der Waals surface area (Å²) in [4.78, 5) is 20.2. The van der Waals surface area contributed by atoms with E-state index in [0.29, 0.717) is 17.5 Å². The third kappa shape index (κ3) is 4.07. The van der Waals surface area contributed by atoms with Crippen molar-refractivity contribution >= 4 is 45.7 Å². The fraction of sp³-hybridized carbons (Fsp3) is 0.353. The van der Waals surface area contributed by atoms with E-state index in [9.17, 15) is 14.3 Å². The number of benzene rings is 1. The first-order chi connectivity index (χ1) is 12.6. The van der Waals surface area contributed by atoms with Gasteiger partial charge in [-0.05, 0) is 37.9 Å². The topological polar surface area (TPSA) is 85.0 Å². The molecule has 3 aromatic rings. The number of rotatable bonds is 5. The second-order valence-corrected chi connectivity index (χ2v) is 7.58. The predicted octanol–water partition coefficient (Wildman–Crippen LogP) is 3.48. The molecule has 2 heterocycles. The second-order valence-electron chi connectivity index (χ2n) is 6.84. The van der Waals surface area contributed by atoms with E-state index in [1.54, 1.807) is 20.9 Å². The van der Waals surface area contributed by atoms with Gasteiger partial charge in [-0.15, -0.1) is 0 Å². The van der Waals surface area contributed by atoms with Crippen molar-refractivity contribution in [2.24, 2.45) is 7.05 Å². The molecule has 0 unspecified atom stereocenters. The lowest BCUT2D eigenvalue weighted by molar-refractivity contribution is 0.0662. The van der Waals surface area contributed by atoms with Crippen molar-refractivity contribution < 1.29 is 9.50 Å². The van der Waals surface area contributed by atoms with E-state index >= 15 is 0 Å². The van der Waals surface area contributed by atoms with Gasteiger partial charge < -0.3 is 10.4 Å². The summed E-state index contributed by atoms with van der Waals surface area (Å²) in [5, 5.41) is 12.9. The first-order valence-electron chi connectivity index (χ1n) is 8.13. The van der Waals surface area contributed by atoms with Crippen molar-refractivity contribution in [1.82, 2.24) is 19.1 Å². The minimum atomic E-state index is -0.937. The molecule has 7 nitrogen and oxygen atoms in total. The van der Waals surface area contributed by atoms with Crippen molar-refractivity contribution in [1.29, 1.82) is 0 Å². The third-order valence-corrected chi connectivity index (χ3v) is 4.61. The Labute approximate surface area is 164 Å². The maximum atomic E-state index is 14.6. The fourth-order valence-corrected chi connectivity index (χ4v) is 2.95. The molecule has 0 atom stereocenters. The van der Waals surface area contributed by atoms with Gasteiger partial charge in [-0.3, -0.25) is 9.13 Å². The fourth-order valence-electron chi connectivity index (χ4n) is 2.68. The molecule has 0 aliphatic carbocycles. The number of aliphatic hydroxyl groups is 1. The maximum absolute atomic E-state index is 14.6. The van der Waals surface area contributed by atoms with Gasteiger partial charge in [0, 0.05) is 19.7 Å². The SMILES string of the molecule is Cn1c(=O)n(CCC(C)(C)O)c2cc(Nc3nc(Cl)ncc3Cl)c(F)cc21. The Morgan fingerprint density at radius 1 is 1.30 bits per heavy atom. The Kier molecular flexibility index (Phi) is 5.16. The summed E-state index contributed by atoms with van der Waals surface area (Å²) in [6.07, 6.45) is 1.66. The van der Waals surface area contributed by atoms with Crippen LogP contribution in [0.4, 0.5) is 15.9 Å². The predicted molar refractivity (Wildman–Crippen MR) is 103 cm³/mol. The van der Waals surface area contributed by atoms with Gasteiger partial charge in [0.2, 0.25) is 5.28 Å². The second kappa shape index (κ2) is 7.10. The Morgan fingerprint density at radius 2 is 2.00 bits per heavy atom. The zero-order valence-electron chi connectivity index (χ0n) is 14.9. The van der Waals surface area contributed by atoms with Crippen molar-refractivity contribution in [3.05, 3.63) is 44.9 Å². The average molecular weight is 414 g/mol. The van der Waals surface area contributed by atoms with Gasteiger partial charge in [-0.1, -0.05) is 11.6 Å². The van der Waals surface area contributed by atoms with Crippen LogP contribution in [0.1, 0.15) is 20.3 Å². The van der Waals surface area contributed by atoms with Crippen molar-refractivity contribution in [2.45, 2.75) is 32.4 Å². The van der Waals surface area contributed by atoms with E-state index in [4.69, 9.17) is 23.2 Å². The van der Waals surface area contributed by atoms with Crippen LogP contribution in [-0.2, 0) is 13.6 Å². The Balaban J connectivity index is 2.08. The molecule has 0 spiro atoms. The monoisotopic (exact) mass is 413 g/mol. The standard InChI is InChI=1S/C17H18Cl2FN5O2/c1-17(2,27)4-5-25-13-7-11(10(20)6-12(13)24(3)16(25)26)22-14-9(18)8-21-15(19)23-14/h6-8,27H,4-5H2,1-3H3,(H,21,22,23). The highest BCUT2D eigenvalue weighted by Crippen LogP contribution is 2.28. The number of imidazole rings is 1. The smallest absolute Gasteiger partial charge is 0.328 e. The molecule has 2 aromatic heterocycles. The summed E-state index contributed by atoms with van der Waals surface area (Å²) in [6.45, 7) is 3.61. The van der Waals surface area contributed by atoms with E-state index in [-0.39, 0.29) is 34.0 Å². The van der Waals surface area contributed by atoms with Gasteiger partial charge in [0.25, 0.3) is 0 Å². The van der Waals surface area contributed by atoms with Gasteiger partial charge in [-0.2, -0.15) is 4.98 Å². The van der Waals surface area contributed by atoms with E-state index in [2.05, 4.69) is 15.3 Å². The summed E-state index contributed by atoms with van der Waals surface area (Å²) >= 11 is 11.8. The molecule has 27 heavy (non-hydrogen) atoms. The van der Waals surface area contributed by atoms with Crippen molar-refractivity contribution in [2.75, 3.05) is 5.32 Å². The number of anilines is 2. The summed E-state index contributed by atoms with van der Waals surface area (Å²) in [5.41, 5.74) is -0.193. The molecule has 144 valence electrons. The Bertz CT molecular complexity index is 1070. The van der Waals surface area contributed by atoms with E-state index in [1.165, 1.54) is 27.5 Å². The van der Waals surface area contributed by atoms with Crippen LogP contribution in [0.15, 0.2) is 23.1 Å². The van der Waals surface area contributed by atoms with Crippen LogP contribution in [0.25, 0.3) is 11.0 Å². The highest BCUT2D eigenvalue weighted by atomic mass is 35.5. The molecular weight excluding hydrogens is 396 g/mol. The molecule has 0 bridgehead atoms. The highest BCUT2D eigenvalue weighted by molar-refractivity contribution is 6.33. The maximum Gasteiger partial charge on any atom is 0.328 e. The molecule has 3 rings (SSSR count). The van der Waals surface area contributed by atoms with E-state index in [0.717, 1.165) is 0 Å². The van der Waals surface area contributed by atoms with Crippen LogP contribution < -0.4 is 11.0 Å². The molecule has 0 aliphatic rings. The summed E-state index contributed by atoms with van der Waals surface area (Å²) in [6, 6.07) is 2.76. The molecule has 0 aliphatic heterocycles. The van der Waals surface area contributed by atoms with E-state index in [1.807, 2.05) is 0 Å². The first-order valence-corrected chi connectivity index (χ1v) is 8.88. The van der Waals surface area contributed by atoms with Gasteiger partial charge in [0.15, 0.2) is 5.82 Å². The quantitative estimate of drug-likeness (QED) is 0.625.